The van der Waals surface area contributed by atoms with Gasteiger partial charge in [-0.15, -0.1) is 0 Å². The number of aliphatic hydroxyl groups excluding tert-OH is 1. The molecule has 0 aliphatic heterocycles. The number of aliphatic hydroxyl groups is 1. The zero-order chi connectivity index (χ0) is 18.0. The Labute approximate surface area is 144 Å². The summed E-state index contributed by atoms with van der Waals surface area (Å²) in [6.45, 7) is 3.44. The number of nitrogens with one attached hydrogen (secondary N) is 1. The lowest BCUT2D eigenvalue weighted by Crippen LogP contribution is -2.30. The Kier molecular flexibility index (Phi) is 4.72. The van der Waals surface area contributed by atoms with Crippen LogP contribution in [-0.4, -0.2) is 22.2 Å². The lowest BCUT2D eigenvalue weighted by atomic mass is 10.2. The third-order valence-corrected chi connectivity index (χ3v) is 4.14. The second kappa shape index (κ2) is 6.94. The summed E-state index contributed by atoms with van der Waals surface area (Å²) in [7, 11) is 0. The molecule has 0 fully saturated rings. The molecule has 1 unspecified atom stereocenters. The van der Waals surface area contributed by atoms with Gasteiger partial charge in [-0.1, -0.05) is 0 Å². The highest BCUT2D eigenvalue weighted by Crippen LogP contribution is 2.22. The minimum absolute atomic E-state index is 0.268. The summed E-state index contributed by atoms with van der Waals surface area (Å²) < 4.78 is 20.3. The van der Waals surface area contributed by atoms with Gasteiger partial charge in [0.05, 0.1) is 18.4 Å². The fourth-order valence-electron chi connectivity index (χ4n) is 2.91. The maximum Gasteiger partial charge on any atom is 0.253 e. The standard InChI is InChI=1S/C19H19FN2O3/c1-12-10-16(13(2)22(12)15-7-5-14(20)6-8-15)19(24)21-17(11-23)18-4-3-9-25-18/h3-10,17,23H,11H2,1-2H3,(H,21,24). The summed E-state index contributed by atoms with van der Waals surface area (Å²) in [4.78, 5) is 12.6. The SMILES string of the molecule is Cc1cc(C(=O)NC(CO)c2ccco2)c(C)n1-c1ccc(F)cc1. The van der Waals surface area contributed by atoms with Crippen molar-refractivity contribution in [2.24, 2.45) is 0 Å². The minimum atomic E-state index is -0.614. The molecule has 2 aromatic heterocycles. The molecule has 0 bridgehead atoms. The monoisotopic (exact) mass is 342 g/mol. The first-order chi connectivity index (χ1) is 12.0. The molecule has 2 N–H and O–H groups in total. The Hall–Kier alpha value is -2.86. The Morgan fingerprint density at radius 2 is 2.00 bits per heavy atom. The van der Waals surface area contributed by atoms with E-state index in [1.54, 1.807) is 30.3 Å². The normalized spacial score (nSPS) is 12.2. The summed E-state index contributed by atoms with van der Waals surface area (Å²) in [6.07, 6.45) is 1.49. The van der Waals surface area contributed by atoms with Crippen LogP contribution in [0, 0.1) is 19.7 Å². The number of nitrogens with zero attached hydrogens (tertiary/aromatic N) is 1. The number of aromatic nitrogens is 1. The van der Waals surface area contributed by atoms with Crippen molar-refractivity contribution in [3.63, 3.8) is 0 Å². The number of hydrogen-bond donors (Lipinski definition) is 2. The van der Waals surface area contributed by atoms with Crippen LogP contribution in [0.4, 0.5) is 4.39 Å². The number of carbonyl (C=O) groups is 1. The van der Waals surface area contributed by atoms with Gasteiger partial charge >= 0.3 is 0 Å². The molecule has 25 heavy (non-hydrogen) atoms. The zero-order valence-corrected chi connectivity index (χ0v) is 14.0. The van der Waals surface area contributed by atoms with Gasteiger partial charge in [0, 0.05) is 17.1 Å². The van der Waals surface area contributed by atoms with Gasteiger partial charge in [-0.3, -0.25) is 4.79 Å². The molecule has 1 aromatic carbocycles. The highest BCUT2D eigenvalue weighted by molar-refractivity contribution is 5.96. The van der Waals surface area contributed by atoms with Crippen molar-refractivity contribution in [2.75, 3.05) is 6.61 Å². The van der Waals surface area contributed by atoms with Crippen LogP contribution in [0.1, 0.15) is 33.5 Å². The Morgan fingerprint density at radius 1 is 1.28 bits per heavy atom. The predicted octanol–water partition coefficient (Wildman–Crippen LogP) is 3.29. The second-order valence-corrected chi connectivity index (χ2v) is 5.82. The van der Waals surface area contributed by atoms with Gasteiger partial charge in [0.1, 0.15) is 17.6 Å². The summed E-state index contributed by atoms with van der Waals surface area (Å²) >= 11 is 0. The number of aryl methyl sites for hydroxylation is 1. The van der Waals surface area contributed by atoms with Crippen LogP contribution >= 0.6 is 0 Å². The van der Waals surface area contributed by atoms with E-state index < -0.39 is 6.04 Å². The van der Waals surface area contributed by atoms with Crippen molar-refractivity contribution in [3.05, 3.63) is 77.3 Å². The molecule has 3 aromatic rings. The lowest BCUT2D eigenvalue weighted by Gasteiger charge is -2.14. The summed E-state index contributed by atoms with van der Waals surface area (Å²) in [5.41, 5.74) is 2.86. The molecular formula is C19H19FN2O3. The van der Waals surface area contributed by atoms with Gasteiger partial charge in [-0.2, -0.15) is 0 Å². The van der Waals surface area contributed by atoms with Crippen molar-refractivity contribution in [2.45, 2.75) is 19.9 Å². The van der Waals surface area contributed by atoms with Crippen molar-refractivity contribution >= 4 is 5.91 Å². The van der Waals surface area contributed by atoms with Crippen molar-refractivity contribution in [1.82, 2.24) is 9.88 Å². The maximum atomic E-state index is 13.1. The van der Waals surface area contributed by atoms with E-state index in [1.807, 2.05) is 18.4 Å². The summed E-state index contributed by atoms with van der Waals surface area (Å²) in [6, 6.07) is 10.6. The molecule has 0 radical (unpaired) electrons. The number of furan rings is 1. The molecule has 0 saturated carbocycles. The van der Waals surface area contributed by atoms with Crippen LogP contribution in [0.2, 0.25) is 0 Å². The third-order valence-electron chi connectivity index (χ3n) is 4.14. The van der Waals surface area contributed by atoms with Crippen LogP contribution in [0.3, 0.4) is 0 Å². The quantitative estimate of drug-likeness (QED) is 0.748. The first-order valence-electron chi connectivity index (χ1n) is 7.91. The number of amides is 1. The number of hydrogen-bond acceptors (Lipinski definition) is 3. The van der Waals surface area contributed by atoms with Crippen LogP contribution in [0.5, 0.6) is 0 Å². The van der Waals surface area contributed by atoms with Gasteiger partial charge in [0.25, 0.3) is 5.91 Å². The van der Waals surface area contributed by atoms with E-state index in [9.17, 15) is 14.3 Å². The number of halogens is 1. The van der Waals surface area contributed by atoms with E-state index in [0.717, 1.165) is 17.1 Å². The van der Waals surface area contributed by atoms with E-state index in [4.69, 9.17) is 4.42 Å². The molecule has 1 amide bonds. The highest BCUT2D eigenvalue weighted by Gasteiger charge is 2.21. The smallest absolute Gasteiger partial charge is 0.253 e. The molecule has 0 aliphatic rings. The lowest BCUT2D eigenvalue weighted by molar-refractivity contribution is 0.0906. The third kappa shape index (κ3) is 3.34. The molecule has 0 spiro atoms. The van der Waals surface area contributed by atoms with E-state index in [2.05, 4.69) is 5.32 Å². The molecule has 1 atom stereocenters. The number of benzene rings is 1. The Balaban J connectivity index is 1.89. The molecule has 130 valence electrons. The first kappa shape index (κ1) is 17.0. The zero-order valence-electron chi connectivity index (χ0n) is 14.0. The largest absolute Gasteiger partial charge is 0.467 e. The molecular weight excluding hydrogens is 323 g/mol. The van der Waals surface area contributed by atoms with Crippen molar-refractivity contribution in [1.29, 1.82) is 0 Å². The first-order valence-corrected chi connectivity index (χ1v) is 7.91. The van der Waals surface area contributed by atoms with Crippen LogP contribution in [-0.2, 0) is 0 Å². The fraction of sp³-hybridized carbons (Fsp3) is 0.211. The Morgan fingerprint density at radius 3 is 2.60 bits per heavy atom. The van der Waals surface area contributed by atoms with Crippen molar-refractivity contribution < 1.29 is 18.7 Å². The van der Waals surface area contributed by atoms with E-state index in [0.29, 0.717) is 11.3 Å². The van der Waals surface area contributed by atoms with Gasteiger partial charge in [-0.25, -0.2) is 4.39 Å². The topological polar surface area (TPSA) is 67.4 Å². The van der Waals surface area contributed by atoms with Gasteiger partial charge < -0.3 is 19.4 Å². The van der Waals surface area contributed by atoms with Gasteiger partial charge in [0.2, 0.25) is 0 Å². The highest BCUT2D eigenvalue weighted by atomic mass is 19.1. The predicted molar refractivity (Wildman–Crippen MR) is 91.2 cm³/mol. The molecule has 0 saturated heterocycles. The fourth-order valence-corrected chi connectivity index (χ4v) is 2.91. The number of rotatable bonds is 5. The average molecular weight is 342 g/mol. The average Bonchev–Trinajstić information content (AvgIpc) is 3.22. The number of carbonyl (C=O) groups excluding carboxylic acids is 1. The second-order valence-electron chi connectivity index (χ2n) is 5.82. The van der Waals surface area contributed by atoms with Gasteiger partial charge in [0.15, 0.2) is 0 Å². The molecule has 5 nitrogen and oxygen atoms in total. The van der Waals surface area contributed by atoms with Crippen LogP contribution < -0.4 is 5.32 Å². The van der Waals surface area contributed by atoms with E-state index in [1.165, 1.54) is 18.4 Å². The summed E-state index contributed by atoms with van der Waals surface area (Å²) in [5.74, 6) is -0.131. The summed E-state index contributed by atoms with van der Waals surface area (Å²) in [5, 5.41) is 12.3. The van der Waals surface area contributed by atoms with Crippen LogP contribution in [0.25, 0.3) is 5.69 Å². The maximum absolute atomic E-state index is 13.1. The molecule has 6 heteroatoms. The van der Waals surface area contributed by atoms with E-state index >= 15 is 0 Å². The minimum Gasteiger partial charge on any atom is -0.467 e. The molecule has 3 rings (SSSR count). The van der Waals surface area contributed by atoms with Crippen molar-refractivity contribution in [3.8, 4) is 5.69 Å². The Bertz CT molecular complexity index is 867. The van der Waals surface area contributed by atoms with E-state index in [-0.39, 0.29) is 18.3 Å². The molecule has 2 heterocycles. The van der Waals surface area contributed by atoms with Crippen LogP contribution in [0.15, 0.2) is 53.1 Å². The van der Waals surface area contributed by atoms with Gasteiger partial charge in [-0.05, 0) is 56.3 Å². The molecule has 0 aliphatic carbocycles.